The largest absolute Gasteiger partial charge is 0.357 e. The third-order valence-electron chi connectivity index (χ3n) is 2.42. The van der Waals surface area contributed by atoms with Crippen molar-refractivity contribution < 1.29 is 0 Å². The standard InChI is InChI=1S/C11H13NOS/c1-6(2)9-7(3)12-8-4-5-14-11(8)10(9)13/h4-6H,1-3H3,(H,12,13). The van der Waals surface area contributed by atoms with Crippen LogP contribution in [0.5, 0.6) is 0 Å². The van der Waals surface area contributed by atoms with Gasteiger partial charge in [0.25, 0.3) is 0 Å². The third-order valence-corrected chi connectivity index (χ3v) is 3.33. The molecule has 0 saturated heterocycles. The molecule has 2 rings (SSSR count). The molecule has 0 spiro atoms. The zero-order chi connectivity index (χ0) is 10.3. The van der Waals surface area contributed by atoms with Gasteiger partial charge >= 0.3 is 0 Å². The summed E-state index contributed by atoms with van der Waals surface area (Å²) in [5.74, 6) is 0.283. The molecule has 0 bridgehead atoms. The minimum Gasteiger partial charge on any atom is -0.357 e. The topological polar surface area (TPSA) is 32.9 Å². The summed E-state index contributed by atoms with van der Waals surface area (Å²) < 4.78 is 0.847. The molecule has 3 heteroatoms. The highest BCUT2D eigenvalue weighted by Gasteiger charge is 2.12. The van der Waals surface area contributed by atoms with Crippen molar-refractivity contribution in [1.29, 1.82) is 0 Å². The second kappa shape index (κ2) is 3.24. The molecule has 2 aromatic heterocycles. The fourth-order valence-corrected chi connectivity index (χ4v) is 2.64. The number of aromatic nitrogens is 1. The molecule has 0 fully saturated rings. The van der Waals surface area contributed by atoms with Crippen LogP contribution in [-0.4, -0.2) is 4.98 Å². The van der Waals surface area contributed by atoms with E-state index in [9.17, 15) is 4.79 Å². The van der Waals surface area contributed by atoms with Crippen molar-refractivity contribution in [1.82, 2.24) is 4.98 Å². The summed E-state index contributed by atoms with van der Waals surface area (Å²) in [6.07, 6.45) is 0. The lowest BCUT2D eigenvalue weighted by Crippen LogP contribution is -2.13. The monoisotopic (exact) mass is 207 g/mol. The second-order valence-corrected chi connectivity index (χ2v) is 4.73. The minimum atomic E-state index is 0.196. The van der Waals surface area contributed by atoms with E-state index in [0.29, 0.717) is 0 Å². The van der Waals surface area contributed by atoms with Gasteiger partial charge in [0.2, 0.25) is 5.43 Å². The summed E-state index contributed by atoms with van der Waals surface area (Å²) in [6, 6.07) is 1.96. The average Bonchev–Trinajstić information content (AvgIpc) is 2.50. The molecule has 2 aromatic rings. The van der Waals surface area contributed by atoms with E-state index in [1.54, 1.807) is 0 Å². The predicted molar refractivity (Wildman–Crippen MR) is 61.3 cm³/mol. The van der Waals surface area contributed by atoms with Gasteiger partial charge in [-0.15, -0.1) is 11.3 Å². The molecule has 0 aliphatic carbocycles. The maximum Gasteiger partial charge on any atom is 0.203 e. The summed E-state index contributed by atoms with van der Waals surface area (Å²) in [7, 11) is 0. The number of H-pyrrole nitrogens is 1. The highest BCUT2D eigenvalue weighted by molar-refractivity contribution is 7.17. The first-order chi connectivity index (χ1) is 6.61. The van der Waals surface area contributed by atoms with Crippen LogP contribution in [0.25, 0.3) is 10.2 Å². The molecule has 0 unspecified atom stereocenters. The van der Waals surface area contributed by atoms with Crippen molar-refractivity contribution in [3.8, 4) is 0 Å². The van der Waals surface area contributed by atoms with Crippen LogP contribution in [0.15, 0.2) is 16.2 Å². The SMILES string of the molecule is Cc1[nH]c2ccsc2c(=O)c1C(C)C. The summed E-state index contributed by atoms with van der Waals surface area (Å²) in [5.41, 5.74) is 3.07. The molecule has 0 atom stereocenters. The fourth-order valence-electron chi connectivity index (χ4n) is 1.84. The Bertz CT molecular complexity index is 522. The Morgan fingerprint density at radius 2 is 2.14 bits per heavy atom. The van der Waals surface area contributed by atoms with E-state index in [4.69, 9.17) is 0 Å². The highest BCUT2D eigenvalue weighted by Crippen LogP contribution is 2.20. The van der Waals surface area contributed by atoms with Crippen LogP contribution < -0.4 is 5.43 Å². The lowest BCUT2D eigenvalue weighted by atomic mass is 10.0. The number of pyridine rings is 1. The second-order valence-electron chi connectivity index (χ2n) is 3.81. The number of fused-ring (bicyclic) bond motifs is 1. The molecule has 2 heterocycles. The zero-order valence-corrected chi connectivity index (χ0v) is 9.37. The van der Waals surface area contributed by atoms with Gasteiger partial charge in [0.1, 0.15) is 0 Å². The Labute approximate surface area is 86.6 Å². The van der Waals surface area contributed by atoms with E-state index in [0.717, 1.165) is 21.5 Å². The van der Waals surface area contributed by atoms with Crippen molar-refractivity contribution in [3.63, 3.8) is 0 Å². The quantitative estimate of drug-likeness (QED) is 0.766. The Morgan fingerprint density at radius 1 is 1.43 bits per heavy atom. The van der Waals surface area contributed by atoms with Gasteiger partial charge in [-0.2, -0.15) is 0 Å². The van der Waals surface area contributed by atoms with Crippen LogP contribution in [0, 0.1) is 6.92 Å². The highest BCUT2D eigenvalue weighted by atomic mass is 32.1. The van der Waals surface area contributed by atoms with Gasteiger partial charge in [0, 0.05) is 11.3 Å². The molecule has 74 valence electrons. The molecule has 2 nitrogen and oxygen atoms in total. The van der Waals surface area contributed by atoms with Crippen molar-refractivity contribution in [3.05, 3.63) is 32.9 Å². The maximum atomic E-state index is 12.0. The predicted octanol–water partition coefficient (Wildman–Crippen LogP) is 3.02. The summed E-state index contributed by atoms with van der Waals surface area (Å²) in [6.45, 7) is 6.07. The van der Waals surface area contributed by atoms with Gasteiger partial charge in [-0.05, 0) is 24.3 Å². The lowest BCUT2D eigenvalue weighted by molar-refractivity contribution is 0.839. The summed E-state index contributed by atoms with van der Waals surface area (Å²) in [5, 5.41) is 1.95. The summed E-state index contributed by atoms with van der Waals surface area (Å²) in [4.78, 5) is 15.3. The molecule has 0 aromatic carbocycles. The van der Waals surface area contributed by atoms with Crippen molar-refractivity contribution in [2.45, 2.75) is 26.7 Å². The van der Waals surface area contributed by atoms with E-state index < -0.39 is 0 Å². The van der Waals surface area contributed by atoms with Crippen molar-refractivity contribution >= 4 is 21.6 Å². The number of nitrogens with one attached hydrogen (secondary N) is 1. The van der Waals surface area contributed by atoms with E-state index >= 15 is 0 Å². The van der Waals surface area contributed by atoms with Gasteiger partial charge < -0.3 is 4.98 Å². The Hall–Kier alpha value is -1.09. The van der Waals surface area contributed by atoms with Crippen LogP contribution in [-0.2, 0) is 0 Å². The normalized spacial score (nSPS) is 11.4. The number of rotatable bonds is 1. The average molecular weight is 207 g/mol. The van der Waals surface area contributed by atoms with Crippen molar-refractivity contribution in [2.24, 2.45) is 0 Å². The molecular formula is C11H13NOS. The van der Waals surface area contributed by atoms with E-state index in [2.05, 4.69) is 18.8 Å². The smallest absolute Gasteiger partial charge is 0.203 e. The van der Waals surface area contributed by atoms with Gasteiger partial charge in [-0.1, -0.05) is 13.8 Å². The molecule has 0 amide bonds. The fraction of sp³-hybridized carbons (Fsp3) is 0.364. The van der Waals surface area contributed by atoms with Crippen LogP contribution >= 0.6 is 11.3 Å². The number of aryl methyl sites for hydroxylation is 1. The van der Waals surface area contributed by atoms with Gasteiger partial charge in [-0.25, -0.2) is 0 Å². The van der Waals surface area contributed by atoms with Gasteiger partial charge in [-0.3, -0.25) is 4.79 Å². The number of aromatic amines is 1. The molecule has 0 radical (unpaired) electrons. The van der Waals surface area contributed by atoms with E-state index in [1.807, 2.05) is 18.4 Å². The number of hydrogen-bond donors (Lipinski definition) is 1. The zero-order valence-electron chi connectivity index (χ0n) is 8.55. The summed E-state index contributed by atoms with van der Waals surface area (Å²) >= 11 is 1.51. The first-order valence-corrected chi connectivity index (χ1v) is 5.59. The van der Waals surface area contributed by atoms with Crippen LogP contribution in [0.3, 0.4) is 0 Å². The number of hydrogen-bond acceptors (Lipinski definition) is 2. The van der Waals surface area contributed by atoms with Gasteiger partial charge in [0.05, 0.1) is 10.2 Å². The molecule has 1 N–H and O–H groups in total. The lowest BCUT2D eigenvalue weighted by Gasteiger charge is -2.08. The molecular weight excluding hydrogens is 194 g/mol. The first-order valence-electron chi connectivity index (χ1n) is 4.71. The maximum absolute atomic E-state index is 12.0. The minimum absolute atomic E-state index is 0.196. The van der Waals surface area contributed by atoms with E-state index in [1.165, 1.54) is 11.3 Å². The molecule has 0 aliphatic heterocycles. The number of thiophene rings is 1. The molecule has 14 heavy (non-hydrogen) atoms. The Kier molecular flexibility index (Phi) is 2.19. The van der Waals surface area contributed by atoms with Gasteiger partial charge in [0.15, 0.2) is 0 Å². The Morgan fingerprint density at radius 3 is 2.79 bits per heavy atom. The molecule has 0 aliphatic rings. The van der Waals surface area contributed by atoms with Crippen LogP contribution in [0.4, 0.5) is 0 Å². The third kappa shape index (κ3) is 1.28. The molecule has 0 saturated carbocycles. The first kappa shape index (κ1) is 9.46. The van der Waals surface area contributed by atoms with E-state index in [-0.39, 0.29) is 11.3 Å². The van der Waals surface area contributed by atoms with Crippen molar-refractivity contribution in [2.75, 3.05) is 0 Å². The van der Waals surface area contributed by atoms with Crippen LogP contribution in [0.2, 0.25) is 0 Å². The Balaban J connectivity index is 2.90. The van der Waals surface area contributed by atoms with Crippen LogP contribution in [0.1, 0.15) is 31.0 Å².